The maximum absolute atomic E-state index is 5.36. The van der Waals surface area contributed by atoms with Crippen LogP contribution in [-0.2, 0) is 0 Å². The van der Waals surface area contributed by atoms with Gasteiger partial charge in [0.1, 0.15) is 5.65 Å². The lowest BCUT2D eigenvalue weighted by atomic mass is 9.96. The third-order valence-corrected chi connectivity index (χ3v) is 12.0. The zero-order valence-corrected chi connectivity index (χ0v) is 31.1. The van der Waals surface area contributed by atoms with Gasteiger partial charge in [-0.25, -0.2) is 9.97 Å². The quantitative estimate of drug-likeness (QED) is 0.170. The normalized spacial score (nSPS) is 11.6. The summed E-state index contributed by atoms with van der Waals surface area (Å²) in [6.07, 6.45) is 0. The molecule has 11 aromatic rings. The van der Waals surface area contributed by atoms with Gasteiger partial charge in [0.2, 0.25) is 0 Å². The average Bonchev–Trinajstić information content (AvgIpc) is 3.83. The summed E-state index contributed by atoms with van der Waals surface area (Å²) < 4.78 is 4.93. The van der Waals surface area contributed by atoms with E-state index >= 15 is 0 Å². The molecule has 56 heavy (non-hydrogen) atoms. The molecule has 3 nitrogen and oxygen atoms in total. The van der Waals surface area contributed by atoms with E-state index in [0.717, 1.165) is 55.6 Å². The molecule has 0 aliphatic carbocycles. The summed E-state index contributed by atoms with van der Waals surface area (Å²) in [5.74, 6) is 0.693. The van der Waals surface area contributed by atoms with Crippen molar-refractivity contribution in [3.8, 4) is 61.7 Å². The number of hydrogen-bond acceptors (Lipinski definition) is 3. The predicted molar refractivity (Wildman–Crippen MR) is 236 cm³/mol. The van der Waals surface area contributed by atoms with E-state index in [-0.39, 0.29) is 0 Å². The fourth-order valence-corrected chi connectivity index (χ4v) is 9.40. The van der Waals surface area contributed by atoms with E-state index in [4.69, 9.17) is 9.97 Å². The van der Waals surface area contributed by atoms with Crippen LogP contribution in [0.5, 0.6) is 0 Å². The number of fused-ring (bicyclic) bond motifs is 6. The molecular weight excluding hydrogens is 699 g/mol. The Kier molecular flexibility index (Phi) is 7.68. The summed E-state index contributed by atoms with van der Waals surface area (Å²) in [4.78, 5) is 10.7. The van der Waals surface area contributed by atoms with E-state index in [2.05, 4.69) is 205 Å². The molecule has 0 aliphatic heterocycles. The van der Waals surface area contributed by atoms with Crippen LogP contribution in [0.15, 0.2) is 200 Å². The highest BCUT2D eigenvalue weighted by Gasteiger charge is 2.21. The van der Waals surface area contributed by atoms with Crippen molar-refractivity contribution in [1.29, 1.82) is 0 Å². The van der Waals surface area contributed by atoms with Gasteiger partial charge in [0, 0.05) is 42.4 Å². The molecule has 8 aromatic carbocycles. The molecule has 0 saturated carbocycles. The fourth-order valence-electron chi connectivity index (χ4n) is 8.16. The molecule has 0 N–H and O–H groups in total. The van der Waals surface area contributed by atoms with Crippen LogP contribution >= 0.6 is 11.3 Å². The monoisotopic (exact) mass is 731 g/mol. The van der Waals surface area contributed by atoms with Crippen LogP contribution in [0, 0.1) is 0 Å². The van der Waals surface area contributed by atoms with Crippen LogP contribution in [0.25, 0.3) is 104 Å². The second kappa shape index (κ2) is 13.3. The van der Waals surface area contributed by atoms with Crippen LogP contribution in [0.1, 0.15) is 0 Å². The summed E-state index contributed by atoms with van der Waals surface area (Å²) in [5, 5.41) is 4.83. The molecule has 0 spiro atoms. The number of thiophene rings is 1. The van der Waals surface area contributed by atoms with Crippen molar-refractivity contribution in [2.45, 2.75) is 0 Å². The van der Waals surface area contributed by atoms with Crippen LogP contribution in [0.3, 0.4) is 0 Å². The van der Waals surface area contributed by atoms with Crippen molar-refractivity contribution < 1.29 is 0 Å². The molecule has 0 unspecified atom stereocenters. The molecular formula is C52H33N3S. The summed E-state index contributed by atoms with van der Waals surface area (Å²) >= 11 is 1.87. The molecule has 0 amide bonds. The Hall–Kier alpha value is -7.14. The summed E-state index contributed by atoms with van der Waals surface area (Å²) in [5.41, 5.74) is 13.2. The minimum absolute atomic E-state index is 0.693. The first-order valence-corrected chi connectivity index (χ1v) is 19.7. The van der Waals surface area contributed by atoms with E-state index in [1.807, 2.05) is 11.3 Å². The van der Waals surface area contributed by atoms with Crippen molar-refractivity contribution in [3.63, 3.8) is 0 Å². The van der Waals surface area contributed by atoms with Crippen molar-refractivity contribution in [2.24, 2.45) is 0 Å². The number of para-hydroxylation sites is 2. The maximum Gasteiger partial charge on any atom is 0.162 e. The first kappa shape index (κ1) is 32.3. The van der Waals surface area contributed by atoms with Crippen LogP contribution in [0.2, 0.25) is 0 Å². The van der Waals surface area contributed by atoms with E-state index in [1.165, 1.54) is 42.4 Å². The van der Waals surface area contributed by atoms with E-state index in [9.17, 15) is 0 Å². The molecule has 11 rings (SSSR count). The smallest absolute Gasteiger partial charge is 0.162 e. The standard InChI is InChI=1S/C52H33N3S/c1-3-14-36(15-4-1)49-48-45-23-7-9-26-46(45)55(41-20-5-2-6-21-41)52(48)54-51(53-49)40-19-12-18-39(33-40)38-17-11-16-37(32-38)34-28-30-35(31-29-34)42-24-13-25-44-43-22-8-10-27-47(43)56-50(42)44/h1-33H. The zero-order chi connectivity index (χ0) is 37.0. The molecule has 262 valence electrons. The Morgan fingerprint density at radius 2 is 0.964 bits per heavy atom. The molecule has 4 heteroatoms. The predicted octanol–water partition coefficient (Wildman–Crippen LogP) is 14.3. The Labute approximate surface area is 328 Å². The third-order valence-electron chi connectivity index (χ3n) is 10.8. The van der Waals surface area contributed by atoms with Crippen molar-refractivity contribution >= 4 is 53.4 Å². The van der Waals surface area contributed by atoms with Gasteiger partial charge in [0.05, 0.1) is 16.6 Å². The Balaban J connectivity index is 0.995. The van der Waals surface area contributed by atoms with Crippen molar-refractivity contribution in [1.82, 2.24) is 14.5 Å². The number of aromatic nitrogens is 3. The molecule has 0 fully saturated rings. The SMILES string of the molecule is c1ccc(-c2nc(-c3cccc(-c4cccc(-c5ccc(-c6cccc7c6sc6ccccc67)cc5)c4)c3)nc3c2c2ccccc2n3-c2ccccc2)cc1. The fraction of sp³-hybridized carbons (Fsp3) is 0. The van der Waals surface area contributed by atoms with Crippen LogP contribution < -0.4 is 0 Å². The maximum atomic E-state index is 5.36. The van der Waals surface area contributed by atoms with E-state index in [0.29, 0.717) is 5.82 Å². The molecule has 0 saturated heterocycles. The topological polar surface area (TPSA) is 30.7 Å². The minimum atomic E-state index is 0.693. The van der Waals surface area contributed by atoms with Gasteiger partial charge in [-0.3, -0.25) is 4.57 Å². The van der Waals surface area contributed by atoms with Gasteiger partial charge < -0.3 is 0 Å². The third kappa shape index (κ3) is 5.42. The Morgan fingerprint density at radius 1 is 0.393 bits per heavy atom. The molecule has 0 bridgehead atoms. The van der Waals surface area contributed by atoms with E-state index < -0.39 is 0 Å². The van der Waals surface area contributed by atoms with E-state index in [1.54, 1.807) is 0 Å². The van der Waals surface area contributed by atoms with Gasteiger partial charge in [-0.2, -0.15) is 0 Å². The lowest BCUT2D eigenvalue weighted by Gasteiger charge is -2.12. The van der Waals surface area contributed by atoms with Gasteiger partial charge >= 0.3 is 0 Å². The summed E-state index contributed by atoms with van der Waals surface area (Å²) in [6.45, 7) is 0. The van der Waals surface area contributed by atoms with Crippen molar-refractivity contribution in [2.75, 3.05) is 0 Å². The Morgan fingerprint density at radius 3 is 1.75 bits per heavy atom. The highest BCUT2D eigenvalue weighted by Crippen LogP contribution is 2.41. The van der Waals surface area contributed by atoms with Gasteiger partial charge in [0.25, 0.3) is 0 Å². The largest absolute Gasteiger partial charge is 0.294 e. The first-order valence-electron chi connectivity index (χ1n) is 18.9. The lowest BCUT2D eigenvalue weighted by molar-refractivity contribution is 1.11. The lowest BCUT2D eigenvalue weighted by Crippen LogP contribution is -1.99. The second-order valence-electron chi connectivity index (χ2n) is 14.2. The number of benzene rings is 8. The molecule has 0 aliphatic rings. The van der Waals surface area contributed by atoms with Crippen LogP contribution in [-0.4, -0.2) is 14.5 Å². The van der Waals surface area contributed by atoms with Crippen molar-refractivity contribution in [3.05, 3.63) is 200 Å². The van der Waals surface area contributed by atoms with Crippen LogP contribution in [0.4, 0.5) is 0 Å². The number of rotatable bonds is 6. The average molecular weight is 732 g/mol. The van der Waals surface area contributed by atoms with Gasteiger partial charge in [-0.15, -0.1) is 11.3 Å². The Bertz CT molecular complexity index is 3230. The summed E-state index contributed by atoms with van der Waals surface area (Å²) in [6, 6.07) is 71.3. The summed E-state index contributed by atoms with van der Waals surface area (Å²) in [7, 11) is 0. The zero-order valence-electron chi connectivity index (χ0n) is 30.3. The number of nitrogens with zero attached hydrogens (tertiary/aromatic N) is 3. The molecule has 0 atom stereocenters. The molecule has 0 radical (unpaired) electrons. The highest BCUT2D eigenvalue weighted by molar-refractivity contribution is 7.26. The molecule has 3 heterocycles. The molecule has 3 aromatic heterocycles. The highest BCUT2D eigenvalue weighted by atomic mass is 32.1. The number of hydrogen-bond donors (Lipinski definition) is 0. The van der Waals surface area contributed by atoms with Gasteiger partial charge in [0.15, 0.2) is 5.82 Å². The second-order valence-corrected chi connectivity index (χ2v) is 15.2. The van der Waals surface area contributed by atoms with Gasteiger partial charge in [-0.05, 0) is 69.8 Å². The first-order chi connectivity index (χ1) is 27.8. The minimum Gasteiger partial charge on any atom is -0.294 e. The van der Waals surface area contributed by atoms with Gasteiger partial charge in [-0.1, -0.05) is 164 Å².